The number of aryl methyl sites for hydroxylation is 1. The molecule has 1 heterocycles. The Kier molecular flexibility index (Phi) is 5.68. The van der Waals surface area contributed by atoms with Crippen LogP contribution < -0.4 is 10.1 Å². The molecule has 0 fully saturated rings. The highest BCUT2D eigenvalue weighted by Gasteiger charge is 2.20. The maximum atomic E-state index is 12.2. The largest absolute Gasteiger partial charge is 0.481 e. The topological polar surface area (TPSA) is 64.1 Å². The smallest absolute Gasteiger partial charge is 0.267 e. The summed E-state index contributed by atoms with van der Waals surface area (Å²) in [6.45, 7) is 4.00. The van der Waals surface area contributed by atoms with Crippen molar-refractivity contribution in [2.24, 2.45) is 0 Å². The van der Waals surface area contributed by atoms with E-state index in [1.165, 1.54) is 11.3 Å². The van der Waals surface area contributed by atoms with Crippen LogP contribution in [0.4, 0.5) is 5.13 Å². The van der Waals surface area contributed by atoms with Gasteiger partial charge in [-0.2, -0.15) is 0 Å². The van der Waals surface area contributed by atoms with Gasteiger partial charge in [0.2, 0.25) is 5.13 Å². The number of benzene rings is 1. The van der Waals surface area contributed by atoms with Crippen molar-refractivity contribution < 1.29 is 9.53 Å². The van der Waals surface area contributed by atoms with Gasteiger partial charge in [0.1, 0.15) is 10.8 Å². The first-order chi connectivity index (χ1) is 10.2. The Hall–Kier alpha value is -1.95. The molecule has 0 aliphatic carbocycles. The van der Waals surface area contributed by atoms with Crippen molar-refractivity contribution in [3.63, 3.8) is 0 Å². The summed E-state index contributed by atoms with van der Waals surface area (Å²) < 4.78 is 5.70. The molecule has 1 aromatic heterocycles. The van der Waals surface area contributed by atoms with Gasteiger partial charge in [-0.05, 0) is 25.0 Å². The van der Waals surface area contributed by atoms with Gasteiger partial charge in [0.15, 0.2) is 6.10 Å². The van der Waals surface area contributed by atoms with Gasteiger partial charge in [-0.15, -0.1) is 10.2 Å². The average Bonchev–Trinajstić information content (AvgIpc) is 2.93. The van der Waals surface area contributed by atoms with Crippen LogP contribution in [0.3, 0.4) is 0 Å². The molecule has 1 amide bonds. The summed E-state index contributed by atoms with van der Waals surface area (Å²) in [5.74, 6) is 0.490. The van der Waals surface area contributed by atoms with Gasteiger partial charge in [0.05, 0.1) is 0 Å². The van der Waals surface area contributed by atoms with Gasteiger partial charge in [-0.3, -0.25) is 10.1 Å². The molecule has 0 aliphatic heterocycles. The first kappa shape index (κ1) is 15.4. The van der Waals surface area contributed by atoms with Crippen LogP contribution in [0, 0.1) is 0 Å². The number of nitrogens with zero attached hydrogens (tertiary/aromatic N) is 2. The van der Waals surface area contributed by atoms with E-state index in [2.05, 4.69) is 22.4 Å². The average molecular weight is 305 g/mol. The van der Waals surface area contributed by atoms with E-state index in [1.807, 2.05) is 37.3 Å². The lowest BCUT2D eigenvalue weighted by Crippen LogP contribution is -2.32. The van der Waals surface area contributed by atoms with Crippen molar-refractivity contribution in [3.8, 4) is 5.75 Å². The van der Waals surface area contributed by atoms with E-state index in [1.54, 1.807) is 0 Å². The van der Waals surface area contributed by atoms with Gasteiger partial charge in [0.25, 0.3) is 5.91 Å². The van der Waals surface area contributed by atoms with Crippen LogP contribution >= 0.6 is 11.3 Å². The maximum Gasteiger partial charge on any atom is 0.267 e. The number of para-hydroxylation sites is 1. The molecular weight excluding hydrogens is 286 g/mol. The molecule has 1 aromatic carbocycles. The number of amides is 1. The fraction of sp³-hybridized carbons (Fsp3) is 0.400. The van der Waals surface area contributed by atoms with Crippen molar-refractivity contribution in [1.29, 1.82) is 0 Å². The molecule has 0 saturated heterocycles. The molecule has 0 aliphatic rings. The normalized spacial score (nSPS) is 11.9. The van der Waals surface area contributed by atoms with E-state index in [0.29, 0.717) is 17.3 Å². The summed E-state index contributed by atoms with van der Waals surface area (Å²) in [7, 11) is 0. The number of carbonyl (C=O) groups is 1. The lowest BCUT2D eigenvalue weighted by molar-refractivity contribution is -0.122. The van der Waals surface area contributed by atoms with Crippen LogP contribution in [-0.2, 0) is 11.2 Å². The number of rotatable bonds is 7. The van der Waals surface area contributed by atoms with Gasteiger partial charge in [-0.25, -0.2) is 0 Å². The third-order valence-electron chi connectivity index (χ3n) is 2.85. The fourth-order valence-corrected chi connectivity index (χ4v) is 2.63. The molecule has 21 heavy (non-hydrogen) atoms. The minimum Gasteiger partial charge on any atom is -0.481 e. The van der Waals surface area contributed by atoms with Gasteiger partial charge in [-0.1, -0.05) is 43.4 Å². The van der Waals surface area contributed by atoms with E-state index in [-0.39, 0.29) is 5.91 Å². The molecule has 0 spiro atoms. The number of hydrogen-bond acceptors (Lipinski definition) is 5. The molecule has 1 N–H and O–H groups in total. The maximum absolute atomic E-state index is 12.2. The number of ether oxygens (including phenoxy) is 1. The van der Waals surface area contributed by atoms with Crippen LogP contribution in [-0.4, -0.2) is 22.2 Å². The Bertz CT molecular complexity index is 571. The SMILES string of the molecule is CCCc1nnc(NC(=O)[C@@H](CC)Oc2ccccc2)s1. The molecule has 0 saturated carbocycles. The Morgan fingerprint density at radius 2 is 2.05 bits per heavy atom. The first-order valence-electron chi connectivity index (χ1n) is 7.07. The van der Waals surface area contributed by atoms with Crippen LogP contribution in [0.5, 0.6) is 5.75 Å². The summed E-state index contributed by atoms with van der Waals surface area (Å²) in [4.78, 5) is 12.2. The van der Waals surface area contributed by atoms with Crippen molar-refractivity contribution in [2.45, 2.75) is 39.2 Å². The second-order valence-corrected chi connectivity index (χ2v) is 5.63. The molecule has 0 radical (unpaired) electrons. The zero-order valence-corrected chi connectivity index (χ0v) is 13.0. The summed E-state index contributed by atoms with van der Waals surface area (Å²) >= 11 is 1.41. The third-order valence-corrected chi connectivity index (χ3v) is 3.74. The molecule has 2 rings (SSSR count). The molecule has 0 unspecified atom stereocenters. The fourth-order valence-electron chi connectivity index (χ4n) is 1.79. The van der Waals surface area contributed by atoms with Crippen molar-refractivity contribution in [2.75, 3.05) is 5.32 Å². The van der Waals surface area contributed by atoms with E-state index in [9.17, 15) is 4.79 Å². The Morgan fingerprint density at radius 1 is 1.29 bits per heavy atom. The summed E-state index contributed by atoms with van der Waals surface area (Å²) in [5, 5.41) is 12.3. The Morgan fingerprint density at radius 3 is 2.71 bits per heavy atom. The zero-order valence-electron chi connectivity index (χ0n) is 12.2. The van der Waals surface area contributed by atoms with E-state index < -0.39 is 6.10 Å². The molecule has 6 heteroatoms. The highest BCUT2D eigenvalue weighted by Crippen LogP contribution is 2.18. The summed E-state index contributed by atoms with van der Waals surface area (Å²) in [6.07, 6.45) is 1.94. The van der Waals surface area contributed by atoms with Crippen molar-refractivity contribution in [1.82, 2.24) is 10.2 Å². The number of carbonyl (C=O) groups excluding carboxylic acids is 1. The predicted octanol–water partition coefficient (Wildman–Crippen LogP) is 3.29. The highest BCUT2D eigenvalue weighted by atomic mass is 32.1. The van der Waals surface area contributed by atoms with Crippen LogP contribution in [0.15, 0.2) is 30.3 Å². The summed E-state index contributed by atoms with van der Waals surface area (Å²) in [6, 6.07) is 9.33. The first-order valence-corrected chi connectivity index (χ1v) is 7.89. The minimum atomic E-state index is -0.536. The lowest BCUT2D eigenvalue weighted by atomic mass is 10.2. The van der Waals surface area contributed by atoms with E-state index in [4.69, 9.17) is 4.74 Å². The minimum absolute atomic E-state index is 0.194. The molecule has 1 atom stereocenters. The van der Waals surface area contributed by atoms with Crippen LogP contribution in [0.2, 0.25) is 0 Å². The Labute approximate surface area is 128 Å². The quantitative estimate of drug-likeness (QED) is 0.852. The van der Waals surface area contributed by atoms with Crippen molar-refractivity contribution >= 4 is 22.4 Å². The van der Waals surface area contributed by atoms with E-state index >= 15 is 0 Å². The van der Waals surface area contributed by atoms with Crippen LogP contribution in [0.25, 0.3) is 0 Å². The molecule has 5 nitrogen and oxygen atoms in total. The monoisotopic (exact) mass is 305 g/mol. The number of nitrogens with one attached hydrogen (secondary N) is 1. The van der Waals surface area contributed by atoms with Crippen LogP contribution in [0.1, 0.15) is 31.7 Å². The molecule has 0 bridgehead atoms. The Balaban J connectivity index is 1.96. The standard InChI is InChI=1S/C15H19N3O2S/c1-3-8-13-17-18-15(21-13)16-14(19)12(4-2)20-11-9-6-5-7-10-11/h5-7,9-10,12H,3-4,8H2,1-2H3,(H,16,18,19)/t12-/m1/s1. The van der Waals surface area contributed by atoms with Crippen molar-refractivity contribution in [3.05, 3.63) is 35.3 Å². The van der Waals surface area contributed by atoms with Gasteiger partial charge < -0.3 is 4.74 Å². The number of hydrogen-bond donors (Lipinski definition) is 1. The van der Waals surface area contributed by atoms with Gasteiger partial charge in [0, 0.05) is 6.42 Å². The van der Waals surface area contributed by atoms with Gasteiger partial charge >= 0.3 is 0 Å². The highest BCUT2D eigenvalue weighted by molar-refractivity contribution is 7.15. The molecular formula is C15H19N3O2S. The zero-order chi connectivity index (χ0) is 15.1. The molecule has 2 aromatic rings. The third kappa shape index (κ3) is 4.53. The molecule has 112 valence electrons. The summed E-state index contributed by atoms with van der Waals surface area (Å²) in [5.41, 5.74) is 0. The number of aromatic nitrogens is 2. The lowest BCUT2D eigenvalue weighted by Gasteiger charge is -2.16. The predicted molar refractivity (Wildman–Crippen MR) is 83.7 cm³/mol. The second-order valence-electron chi connectivity index (χ2n) is 4.57. The van der Waals surface area contributed by atoms with E-state index in [0.717, 1.165) is 17.8 Å². The second kappa shape index (κ2) is 7.73. The number of anilines is 1.